The fraction of sp³-hybridized carbons (Fsp3) is 0.457. The summed E-state index contributed by atoms with van der Waals surface area (Å²) in [6, 6.07) is 16.2. The van der Waals surface area contributed by atoms with Crippen molar-refractivity contribution < 1.29 is 17.9 Å². The summed E-state index contributed by atoms with van der Waals surface area (Å²) in [5, 5.41) is 3.93. The molecule has 2 saturated heterocycles. The van der Waals surface area contributed by atoms with Crippen molar-refractivity contribution in [3.05, 3.63) is 71.1 Å². The van der Waals surface area contributed by atoms with E-state index in [9.17, 15) is 13.2 Å². The second-order valence-corrected chi connectivity index (χ2v) is 15.0. The van der Waals surface area contributed by atoms with E-state index in [1.165, 1.54) is 0 Å². The van der Waals surface area contributed by atoms with Gasteiger partial charge in [-0.1, -0.05) is 18.2 Å². The Bertz CT molecular complexity index is 1850. The molecule has 2 aliphatic rings. The van der Waals surface area contributed by atoms with E-state index < -0.39 is 9.84 Å². The van der Waals surface area contributed by atoms with Crippen LogP contribution >= 0.6 is 0 Å². The van der Waals surface area contributed by atoms with Gasteiger partial charge in [0, 0.05) is 67.8 Å². The van der Waals surface area contributed by atoms with Crippen LogP contribution in [0.2, 0.25) is 0 Å². The molecule has 0 atom stereocenters. The van der Waals surface area contributed by atoms with Crippen molar-refractivity contribution >= 4 is 32.5 Å². The molecular weight excluding hydrogens is 616 g/mol. The van der Waals surface area contributed by atoms with Crippen LogP contribution in [0, 0.1) is 5.92 Å². The zero-order valence-electron chi connectivity index (χ0n) is 27.4. The molecule has 4 aromatic rings. The van der Waals surface area contributed by atoms with Gasteiger partial charge in [-0.2, -0.15) is 4.98 Å². The minimum Gasteiger partial charge on any atom is -0.490 e. The fourth-order valence-corrected chi connectivity index (χ4v) is 7.81. The maximum Gasteiger partial charge on any atom is 0.260 e. The van der Waals surface area contributed by atoms with Crippen LogP contribution < -0.4 is 15.6 Å². The van der Waals surface area contributed by atoms with Crippen LogP contribution in [0.4, 0.5) is 11.6 Å². The third-order valence-electron chi connectivity index (χ3n) is 9.01. The van der Waals surface area contributed by atoms with Gasteiger partial charge >= 0.3 is 0 Å². The molecule has 250 valence electrons. The van der Waals surface area contributed by atoms with Crippen molar-refractivity contribution in [1.29, 1.82) is 0 Å². The molecular formula is C35H44N6O5S. The highest BCUT2D eigenvalue weighted by Crippen LogP contribution is 2.30. The van der Waals surface area contributed by atoms with E-state index in [2.05, 4.69) is 22.2 Å². The minimum absolute atomic E-state index is 0.0513. The van der Waals surface area contributed by atoms with E-state index in [0.717, 1.165) is 50.2 Å². The smallest absolute Gasteiger partial charge is 0.260 e. The molecule has 11 nitrogen and oxygen atoms in total. The molecule has 2 fully saturated rings. The van der Waals surface area contributed by atoms with E-state index in [1.54, 1.807) is 41.1 Å². The van der Waals surface area contributed by atoms with Crippen molar-refractivity contribution in [3.63, 3.8) is 0 Å². The molecule has 0 radical (unpaired) electrons. The summed E-state index contributed by atoms with van der Waals surface area (Å²) >= 11 is 0. The van der Waals surface area contributed by atoms with Gasteiger partial charge in [-0.15, -0.1) is 0 Å². The van der Waals surface area contributed by atoms with E-state index in [0.29, 0.717) is 54.4 Å². The van der Waals surface area contributed by atoms with Crippen molar-refractivity contribution in [2.24, 2.45) is 5.92 Å². The Kier molecular flexibility index (Phi) is 10.2. The molecule has 0 spiro atoms. The van der Waals surface area contributed by atoms with Crippen molar-refractivity contribution in [1.82, 2.24) is 24.3 Å². The van der Waals surface area contributed by atoms with E-state index >= 15 is 0 Å². The Morgan fingerprint density at radius 3 is 2.45 bits per heavy atom. The van der Waals surface area contributed by atoms with E-state index in [1.807, 2.05) is 43.3 Å². The van der Waals surface area contributed by atoms with Crippen LogP contribution in [0.15, 0.2) is 70.5 Å². The number of fused-ring (bicyclic) bond motifs is 1. The number of nitrogens with zero attached hydrogens (tertiary/aromatic N) is 5. The van der Waals surface area contributed by atoms with Gasteiger partial charge in [0.15, 0.2) is 9.84 Å². The largest absolute Gasteiger partial charge is 0.490 e. The summed E-state index contributed by atoms with van der Waals surface area (Å²) in [6.45, 7) is 4.17. The molecule has 47 heavy (non-hydrogen) atoms. The topological polar surface area (TPSA) is 119 Å². The molecule has 2 aromatic carbocycles. The van der Waals surface area contributed by atoms with E-state index in [-0.39, 0.29) is 28.2 Å². The summed E-state index contributed by atoms with van der Waals surface area (Å²) in [5.41, 5.74) is 1.73. The first-order valence-electron chi connectivity index (χ1n) is 16.3. The lowest BCUT2D eigenvalue weighted by atomic mass is 9.99. The van der Waals surface area contributed by atoms with Gasteiger partial charge in [0.05, 0.1) is 10.6 Å². The summed E-state index contributed by atoms with van der Waals surface area (Å²) in [5.74, 6) is 1.36. The third-order valence-corrected chi connectivity index (χ3v) is 10.8. The van der Waals surface area contributed by atoms with Gasteiger partial charge in [-0.3, -0.25) is 9.36 Å². The second kappa shape index (κ2) is 14.5. The lowest BCUT2D eigenvalue weighted by molar-refractivity contribution is 0.0613. The number of ether oxygens (including phenoxy) is 2. The first-order valence-corrected chi connectivity index (χ1v) is 18.0. The monoisotopic (exact) mass is 660 g/mol. The zero-order valence-corrected chi connectivity index (χ0v) is 28.2. The molecule has 4 heterocycles. The summed E-state index contributed by atoms with van der Waals surface area (Å²) in [4.78, 5) is 28.0. The maximum atomic E-state index is 14.3. The lowest BCUT2D eigenvalue weighted by Gasteiger charge is -2.29. The molecule has 12 heteroatoms. The SMILES string of the molecule is CN(C)CCS(=O)(=O)c1ccccc1-c1cc2cnc(Nc3ccc(OC4CCN(C)CC4)cc3)nc2n(CC2CCOCC2)c1=O. The quantitative estimate of drug-likeness (QED) is 0.247. The highest BCUT2D eigenvalue weighted by Gasteiger charge is 2.24. The average Bonchev–Trinajstić information content (AvgIpc) is 3.07. The van der Waals surface area contributed by atoms with Crippen molar-refractivity contribution in [2.45, 2.75) is 43.2 Å². The first-order chi connectivity index (χ1) is 22.7. The number of piperidine rings is 1. The van der Waals surface area contributed by atoms with Crippen LogP contribution in [0.1, 0.15) is 25.7 Å². The normalized spacial score (nSPS) is 16.9. The average molecular weight is 661 g/mol. The fourth-order valence-electron chi connectivity index (χ4n) is 6.18. The molecule has 2 aliphatic heterocycles. The van der Waals surface area contributed by atoms with Crippen LogP contribution in [0.25, 0.3) is 22.2 Å². The first kappa shape index (κ1) is 33.1. The molecule has 0 unspecified atom stereocenters. The minimum atomic E-state index is -3.66. The number of anilines is 2. The van der Waals surface area contributed by atoms with Crippen LogP contribution in [0.3, 0.4) is 0 Å². The second-order valence-electron chi connectivity index (χ2n) is 12.9. The number of nitrogens with one attached hydrogen (secondary N) is 1. The lowest BCUT2D eigenvalue weighted by Crippen LogP contribution is -2.35. The third kappa shape index (κ3) is 8.01. The Morgan fingerprint density at radius 1 is 1.00 bits per heavy atom. The number of likely N-dealkylation sites (tertiary alicyclic amines) is 1. The van der Waals surface area contributed by atoms with Crippen LogP contribution in [-0.2, 0) is 21.1 Å². The maximum absolute atomic E-state index is 14.3. The summed E-state index contributed by atoms with van der Waals surface area (Å²) < 4.78 is 40.4. The van der Waals surface area contributed by atoms with Crippen LogP contribution in [-0.4, -0.2) is 98.6 Å². The molecule has 0 saturated carbocycles. The van der Waals surface area contributed by atoms with Gasteiger partial charge in [0.2, 0.25) is 5.95 Å². The predicted molar refractivity (Wildman–Crippen MR) is 184 cm³/mol. The van der Waals surface area contributed by atoms with Crippen LogP contribution in [0.5, 0.6) is 5.75 Å². The zero-order chi connectivity index (χ0) is 33.0. The van der Waals surface area contributed by atoms with Gasteiger partial charge < -0.3 is 24.6 Å². The number of pyridine rings is 1. The van der Waals surface area contributed by atoms with E-state index in [4.69, 9.17) is 14.5 Å². The molecule has 6 rings (SSSR count). The number of rotatable bonds is 11. The van der Waals surface area contributed by atoms with Gasteiger partial charge in [0.1, 0.15) is 17.5 Å². The van der Waals surface area contributed by atoms with Gasteiger partial charge in [0.25, 0.3) is 5.56 Å². The highest BCUT2D eigenvalue weighted by molar-refractivity contribution is 7.91. The molecule has 0 aliphatic carbocycles. The molecule has 0 bridgehead atoms. The standard InChI is InChI=1S/C35H44N6O5S/c1-39(2)18-21-47(43,44)32-7-5-4-6-30(32)31-22-26-23-36-35(38-33(26)41(34(31)42)24-25-14-19-45-20-15-25)37-27-8-10-28(11-9-27)46-29-12-16-40(3)17-13-29/h4-11,22-23,25,29H,12-21,24H2,1-3H3,(H,36,37,38). The Labute approximate surface area is 276 Å². The highest BCUT2D eigenvalue weighted by atomic mass is 32.2. The Hall–Kier alpha value is -3.84. The number of sulfone groups is 1. The van der Waals surface area contributed by atoms with Gasteiger partial charge in [-0.05, 0) is 89.1 Å². The number of benzene rings is 2. The predicted octanol–water partition coefficient (Wildman–Crippen LogP) is 4.44. The summed E-state index contributed by atoms with van der Waals surface area (Å²) in [7, 11) is 2.15. The van der Waals surface area contributed by atoms with Gasteiger partial charge in [-0.25, -0.2) is 13.4 Å². The molecule has 2 aromatic heterocycles. The molecule has 0 amide bonds. The summed E-state index contributed by atoms with van der Waals surface area (Å²) in [6.07, 6.45) is 5.59. The Morgan fingerprint density at radius 2 is 1.72 bits per heavy atom. The molecule has 1 N–H and O–H groups in total. The van der Waals surface area contributed by atoms with Crippen molar-refractivity contribution in [3.8, 4) is 16.9 Å². The number of hydrogen-bond acceptors (Lipinski definition) is 10. The Balaban J connectivity index is 1.33. The number of hydrogen-bond donors (Lipinski definition) is 1. The van der Waals surface area contributed by atoms with Crippen molar-refractivity contribution in [2.75, 3.05) is 65.1 Å². The number of aromatic nitrogens is 3.